The highest BCUT2D eigenvalue weighted by atomic mass is 35.5. The maximum atomic E-state index is 14.2. The molecule has 2 aromatic rings. The van der Waals surface area contributed by atoms with Crippen molar-refractivity contribution in [1.29, 1.82) is 0 Å². The van der Waals surface area contributed by atoms with Crippen LogP contribution in [0.5, 0.6) is 0 Å². The van der Waals surface area contributed by atoms with Crippen molar-refractivity contribution in [1.82, 2.24) is 20.5 Å². The highest BCUT2D eigenvalue weighted by molar-refractivity contribution is 6.39. The Bertz CT molecular complexity index is 1280. The highest BCUT2D eigenvalue weighted by Gasteiger charge is 2.50. The van der Waals surface area contributed by atoms with Crippen LogP contribution in [-0.4, -0.2) is 70.3 Å². The zero-order valence-corrected chi connectivity index (χ0v) is 21.4. The number of aliphatic hydroxyl groups excluding tert-OH is 1. The smallest absolute Gasteiger partial charge is 0.271 e. The first kappa shape index (κ1) is 25.9. The molecular formula is C25H27Cl2FN4O5. The summed E-state index contributed by atoms with van der Waals surface area (Å²) >= 11 is 12.0. The van der Waals surface area contributed by atoms with Gasteiger partial charge in [-0.1, -0.05) is 29.6 Å². The summed E-state index contributed by atoms with van der Waals surface area (Å²) < 4.78 is 14.2. The van der Waals surface area contributed by atoms with Crippen LogP contribution in [0.25, 0.3) is 10.9 Å². The van der Waals surface area contributed by atoms with Crippen LogP contribution >= 0.6 is 23.2 Å². The minimum absolute atomic E-state index is 0.0801. The van der Waals surface area contributed by atoms with Gasteiger partial charge in [-0.05, 0) is 49.7 Å². The maximum Gasteiger partial charge on any atom is 0.271 e. The molecule has 1 aromatic heterocycles. The zero-order chi connectivity index (χ0) is 26.4. The molecule has 37 heavy (non-hydrogen) atoms. The molecule has 5 atom stereocenters. The van der Waals surface area contributed by atoms with Crippen molar-refractivity contribution < 1.29 is 28.7 Å². The number of aliphatic hydroxyl groups is 1. The number of H-pyrrole nitrogens is 1. The molecule has 5 rings (SSSR count). The fraction of sp³-hybridized carbons (Fsp3) is 0.520. The lowest BCUT2D eigenvalue weighted by Crippen LogP contribution is -2.53. The SMILES string of the molecule is O=C1NCC[C@H]1C[C@H](NC(=O)[C@@H]1[C@H]2CCC[C@H]2CN1C(=O)c1cc2c(Cl)c(F)c(Cl)cc2[nH]1)C(=O)CO. The topological polar surface area (TPSA) is 132 Å². The number of fused-ring (bicyclic) bond motifs is 2. The van der Waals surface area contributed by atoms with E-state index in [9.17, 15) is 28.7 Å². The van der Waals surface area contributed by atoms with Gasteiger partial charge in [0.2, 0.25) is 11.8 Å². The van der Waals surface area contributed by atoms with E-state index in [-0.39, 0.29) is 39.9 Å². The largest absolute Gasteiger partial charge is 0.389 e. The molecule has 12 heteroatoms. The maximum absolute atomic E-state index is 14.2. The van der Waals surface area contributed by atoms with Crippen LogP contribution in [0.1, 0.15) is 42.6 Å². The summed E-state index contributed by atoms with van der Waals surface area (Å²) in [5.74, 6) is -2.88. The number of carbonyl (C=O) groups is 4. The van der Waals surface area contributed by atoms with Crippen molar-refractivity contribution in [3.8, 4) is 0 Å². The number of hydrogen-bond acceptors (Lipinski definition) is 5. The van der Waals surface area contributed by atoms with E-state index in [0.717, 1.165) is 19.3 Å². The fourth-order valence-corrected chi connectivity index (χ4v) is 6.60. The van der Waals surface area contributed by atoms with Crippen molar-refractivity contribution in [2.75, 3.05) is 19.7 Å². The van der Waals surface area contributed by atoms with E-state index >= 15 is 0 Å². The summed E-state index contributed by atoms with van der Waals surface area (Å²) in [6.07, 6.45) is 3.19. The van der Waals surface area contributed by atoms with Crippen molar-refractivity contribution in [3.63, 3.8) is 0 Å². The Morgan fingerprint density at radius 1 is 1.22 bits per heavy atom. The summed E-state index contributed by atoms with van der Waals surface area (Å²) in [7, 11) is 0. The minimum Gasteiger partial charge on any atom is -0.389 e. The highest BCUT2D eigenvalue weighted by Crippen LogP contribution is 2.43. The summed E-state index contributed by atoms with van der Waals surface area (Å²) in [6, 6.07) is 0.927. The van der Waals surface area contributed by atoms with Gasteiger partial charge in [0.1, 0.15) is 18.3 Å². The van der Waals surface area contributed by atoms with Gasteiger partial charge in [-0.25, -0.2) is 4.39 Å². The predicted octanol–water partition coefficient (Wildman–Crippen LogP) is 2.43. The number of carbonyl (C=O) groups excluding carboxylic acids is 4. The van der Waals surface area contributed by atoms with Gasteiger partial charge in [-0.2, -0.15) is 0 Å². The Balaban J connectivity index is 1.41. The van der Waals surface area contributed by atoms with Crippen molar-refractivity contribution in [2.24, 2.45) is 17.8 Å². The number of hydrogen-bond donors (Lipinski definition) is 4. The minimum atomic E-state index is -1.04. The normalized spacial score (nSPS) is 25.8. The van der Waals surface area contributed by atoms with E-state index in [4.69, 9.17) is 23.2 Å². The number of amides is 3. The van der Waals surface area contributed by atoms with Crippen molar-refractivity contribution in [3.05, 3.63) is 33.7 Å². The van der Waals surface area contributed by atoms with E-state index in [1.165, 1.54) is 17.0 Å². The summed E-state index contributed by atoms with van der Waals surface area (Å²) in [5, 5.41) is 14.8. The number of Topliss-reactive ketones (excluding diaryl/α,β-unsaturated/α-hetero) is 1. The zero-order valence-electron chi connectivity index (χ0n) is 19.9. The second-order valence-corrected chi connectivity index (χ2v) is 10.9. The van der Waals surface area contributed by atoms with E-state index in [2.05, 4.69) is 15.6 Å². The third-order valence-corrected chi connectivity index (χ3v) is 8.60. The molecule has 9 nitrogen and oxygen atoms in total. The second kappa shape index (κ2) is 10.2. The van der Waals surface area contributed by atoms with Gasteiger partial charge in [0, 0.05) is 29.9 Å². The first-order valence-electron chi connectivity index (χ1n) is 12.4. The van der Waals surface area contributed by atoms with Crippen LogP contribution in [0.2, 0.25) is 10.0 Å². The lowest BCUT2D eigenvalue weighted by atomic mass is 9.92. The first-order chi connectivity index (χ1) is 17.7. The Labute approximate surface area is 222 Å². The van der Waals surface area contributed by atoms with Crippen LogP contribution in [-0.2, 0) is 14.4 Å². The molecule has 1 aromatic carbocycles. The Morgan fingerprint density at radius 2 is 2.00 bits per heavy atom. The molecule has 3 aliphatic rings. The average molecular weight is 553 g/mol. The van der Waals surface area contributed by atoms with E-state index in [1.807, 2.05) is 0 Å². The predicted molar refractivity (Wildman–Crippen MR) is 134 cm³/mol. The summed E-state index contributed by atoms with van der Waals surface area (Å²) in [6.45, 7) is 0.0901. The third-order valence-electron chi connectivity index (χ3n) is 7.95. The van der Waals surface area contributed by atoms with Gasteiger partial charge < -0.3 is 25.6 Å². The second-order valence-electron chi connectivity index (χ2n) is 10.1. The standard InChI is InChI=1S/C25H27Cl2FN4O5/c26-15-8-16-14(20(27)21(15)28)7-18(30-16)25(37)32-9-12-2-1-3-13(12)22(32)24(36)31-17(19(34)10-33)6-11-4-5-29-23(11)35/h7-8,11-13,17,22,30,33H,1-6,9-10H2,(H,29,35)(H,31,36)/t11-,12-,13-,17-,22-/m0/s1. The van der Waals surface area contributed by atoms with Gasteiger partial charge in [-0.15, -0.1) is 0 Å². The number of aromatic nitrogens is 1. The molecule has 2 aliphatic heterocycles. The van der Waals surface area contributed by atoms with Crippen LogP contribution in [0.3, 0.4) is 0 Å². The molecule has 0 radical (unpaired) electrons. The number of likely N-dealkylation sites (tertiary alicyclic amines) is 1. The number of benzene rings is 1. The molecule has 0 unspecified atom stereocenters. The van der Waals surface area contributed by atoms with E-state index in [1.54, 1.807) is 0 Å². The quantitative estimate of drug-likeness (QED) is 0.392. The van der Waals surface area contributed by atoms with E-state index < -0.39 is 48.0 Å². The van der Waals surface area contributed by atoms with Gasteiger partial charge in [0.25, 0.3) is 5.91 Å². The van der Waals surface area contributed by atoms with Crippen LogP contribution in [0, 0.1) is 23.6 Å². The molecule has 3 amide bonds. The van der Waals surface area contributed by atoms with Gasteiger partial charge in [0.05, 0.1) is 16.1 Å². The Hall–Kier alpha value is -2.69. The fourth-order valence-electron chi connectivity index (χ4n) is 6.09. The number of ketones is 1. The molecule has 0 bridgehead atoms. The molecule has 3 fully saturated rings. The lowest BCUT2D eigenvalue weighted by Gasteiger charge is -2.29. The average Bonchev–Trinajstić information content (AvgIpc) is 3.65. The molecule has 1 aliphatic carbocycles. The molecule has 2 saturated heterocycles. The lowest BCUT2D eigenvalue weighted by molar-refractivity contribution is -0.133. The summed E-state index contributed by atoms with van der Waals surface area (Å²) in [5.41, 5.74) is 0.533. The van der Waals surface area contributed by atoms with Crippen molar-refractivity contribution >= 4 is 57.6 Å². The van der Waals surface area contributed by atoms with Gasteiger partial charge in [0.15, 0.2) is 11.6 Å². The monoisotopic (exact) mass is 552 g/mol. The molecule has 198 valence electrons. The Kier molecular flexibility index (Phi) is 7.17. The third kappa shape index (κ3) is 4.70. The van der Waals surface area contributed by atoms with Crippen molar-refractivity contribution in [2.45, 2.75) is 44.2 Å². The number of nitrogens with one attached hydrogen (secondary N) is 3. The van der Waals surface area contributed by atoms with Crippen LogP contribution in [0.4, 0.5) is 4.39 Å². The van der Waals surface area contributed by atoms with Gasteiger partial charge >= 0.3 is 0 Å². The number of halogens is 3. The van der Waals surface area contributed by atoms with Gasteiger partial charge in [-0.3, -0.25) is 19.2 Å². The molecule has 1 saturated carbocycles. The van der Waals surface area contributed by atoms with Crippen LogP contribution < -0.4 is 10.6 Å². The van der Waals surface area contributed by atoms with E-state index in [0.29, 0.717) is 30.4 Å². The van der Waals surface area contributed by atoms with Crippen LogP contribution in [0.15, 0.2) is 12.1 Å². The molecular weight excluding hydrogens is 526 g/mol. The molecule has 3 heterocycles. The number of rotatable bonds is 7. The number of aromatic amines is 1. The molecule has 4 N–H and O–H groups in total. The molecule has 0 spiro atoms. The first-order valence-corrected chi connectivity index (χ1v) is 13.1. The number of nitrogens with zero attached hydrogens (tertiary/aromatic N) is 1. The summed E-state index contributed by atoms with van der Waals surface area (Å²) in [4.78, 5) is 56.2. The Morgan fingerprint density at radius 3 is 2.70 bits per heavy atom.